The molecule has 1 aromatic heterocycles. The van der Waals surface area contributed by atoms with Crippen molar-refractivity contribution in [2.45, 2.75) is 25.1 Å². The topological polar surface area (TPSA) is 59.7 Å². The molecule has 0 saturated carbocycles. The Bertz CT molecular complexity index is 432. The normalized spacial score (nSPS) is 13.0. The van der Waals surface area contributed by atoms with Crippen LogP contribution in [-0.4, -0.2) is 29.5 Å². The van der Waals surface area contributed by atoms with Gasteiger partial charge in [-0.1, -0.05) is 0 Å². The number of hydrogen-bond donors (Lipinski definition) is 1. The second kappa shape index (κ2) is 5.11. The van der Waals surface area contributed by atoms with E-state index in [1.807, 2.05) is 0 Å². The highest BCUT2D eigenvalue weighted by Gasteiger charge is 2.58. The molecule has 0 spiro atoms. The lowest BCUT2D eigenvalue weighted by molar-refractivity contribution is -0.325. The number of halogens is 6. The molecule has 0 unspecified atom stereocenters. The molecule has 108 valence electrons. The summed E-state index contributed by atoms with van der Waals surface area (Å²) in [6, 6.07) is 0.886. The van der Waals surface area contributed by atoms with Crippen LogP contribution in [0.4, 0.5) is 26.3 Å². The second-order valence-electron chi connectivity index (χ2n) is 3.34. The van der Waals surface area contributed by atoms with Gasteiger partial charge >= 0.3 is 18.3 Å². The van der Waals surface area contributed by atoms with Crippen LogP contribution in [0.3, 0.4) is 0 Å². The number of alkyl halides is 6. The maximum atomic E-state index is 12.1. The highest BCUT2D eigenvalue weighted by molar-refractivity contribution is 5.88. The minimum Gasteiger partial charge on any atom is -0.478 e. The highest BCUT2D eigenvalue weighted by atomic mass is 19.4. The summed E-state index contributed by atoms with van der Waals surface area (Å²) < 4.78 is 80.8. The summed E-state index contributed by atoms with van der Waals surface area (Å²) in [7, 11) is 0. The van der Waals surface area contributed by atoms with Crippen LogP contribution >= 0.6 is 0 Å². The molecule has 0 bridgehead atoms. The monoisotopic (exact) mass is 292 g/mol. The van der Waals surface area contributed by atoms with Crippen molar-refractivity contribution in [3.05, 3.63) is 23.7 Å². The van der Waals surface area contributed by atoms with Gasteiger partial charge in [0, 0.05) is 0 Å². The fourth-order valence-electron chi connectivity index (χ4n) is 1.18. The summed E-state index contributed by atoms with van der Waals surface area (Å²) in [6.07, 6.45) is -14.5. The van der Waals surface area contributed by atoms with Crippen LogP contribution in [0.1, 0.15) is 16.1 Å². The molecule has 4 nitrogen and oxygen atoms in total. The van der Waals surface area contributed by atoms with Crippen LogP contribution in [0, 0.1) is 0 Å². The minimum absolute atomic E-state index is 0.567. The zero-order valence-electron chi connectivity index (χ0n) is 8.88. The van der Waals surface area contributed by atoms with Crippen molar-refractivity contribution < 1.29 is 45.4 Å². The van der Waals surface area contributed by atoms with Gasteiger partial charge in [0.15, 0.2) is 0 Å². The number of hydrogen-bond acceptors (Lipinski definition) is 3. The van der Waals surface area contributed by atoms with Crippen molar-refractivity contribution in [3.63, 3.8) is 0 Å². The smallest absolute Gasteiger partial charge is 0.423 e. The zero-order chi connectivity index (χ0) is 14.8. The van der Waals surface area contributed by atoms with Gasteiger partial charge in [0.25, 0.3) is 0 Å². The summed E-state index contributed by atoms with van der Waals surface area (Å²) in [5.41, 5.74) is -0.567. The maximum absolute atomic E-state index is 12.1. The van der Waals surface area contributed by atoms with E-state index in [-0.39, 0.29) is 0 Å². The Kier molecular flexibility index (Phi) is 4.13. The average molecular weight is 292 g/mol. The fraction of sp³-hybridized carbons (Fsp3) is 0.444. The van der Waals surface area contributed by atoms with Crippen molar-refractivity contribution >= 4 is 5.97 Å². The maximum Gasteiger partial charge on any atom is 0.423 e. The van der Waals surface area contributed by atoms with Crippen molar-refractivity contribution in [1.82, 2.24) is 0 Å². The quantitative estimate of drug-likeness (QED) is 0.867. The average Bonchev–Trinajstić information content (AvgIpc) is 2.61. The predicted octanol–water partition coefficient (Wildman–Crippen LogP) is 2.99. The Balaban J connectivity index is 2.83. The molecule has 0 aliphatic rings. The van der Waals surface area contributed by atoms with Crippen molar-refractivity contribution in [2.75, 3.05) is 0 Å². The van der Waals surface area contributed by atoms with Gasteiger partial charge in [0.2, 0.25) is 6.10 Å². The number of carboxylic acid groups (broad SMARTS) is 1. The van der Waals surface area contributed by atoms with Gasteiger partial charge in [0.05, 0.1) is 6.26 Å². The lowest BCUT2D eigenvalue weighted by Gasteiger charge is -2.22. The van der Waals surface area contributed by atoms with Crippen LogP contribution in [0.5, 0.6) is 0 Å². The Labute approximate surface area is 101 Å². The molecule has 1 aromatic rings. The first-order chi connectivity index (χ1) is 8.53. The molecular weight excluding hydrogens is 286 g/mol. The molecule has 0 radical (unpaired) electrons. The molecule has 1 N–H and O–H groups in total. The molecule has 0 atom stereocenters. The number of aromatic carboxylic acids is 1. The second-order valence-corrected chi connectivity index (χ2v) is 3.34. The van der Waals surface area contributed by atoms with Crippen molar-refractivity contribution in [1.29, 1.82) is 0 Å². The van der Waals surface area contributed by atoms with E-state index >= 15 is 0 Å². The third-order valence-corrected chi connectivity index (χ3v) is 1.95. The van der Waals surface area contributed by atoms with Gasteiger partial charge in [-0.25, -0.2) is 4.79 Å². The third kappa shape index (κ3) is 3.88. The van der Waals surface area contributed by atoms with E-state index in [0.29, 0.717) is 0 Å². The summed E-state index contributed by atoms with van der Waals surface area (Å²) in [5, 5.41) is 8.58. The molecule has 0 aromatic carbocycles. The van der Waals surface area contributed by atoms with Gasteiger partial charge in [-0.05, 0) is 6.07 Å². The van der Waals surface area contributed by atoms with E-state index in [1.54, 1.807) is 0 Å². The number of furan rings is 1. The summed E-state index contributed by atoms with van der Waals surface area (Å²) in [4.78, 5) is 10.6. The first-order valence-electron chi connectivity index (χ1n) is 4.58. The van der Waals surface area contributed by atoms with E-state index in [1.165, 1.54) is 0 Å². The molecule has 0 fully saturated rings. The fourth-order valence-corrected chi connectivity index (χ4v) is 1.18. The molecule has 10 heteroatoms. The van der Waals surface area contributed by atoms with E-state index < -0.39 is 42.4 Å². The SMILES string of the molecule is O=C(O)c1ccoc1COC(C(F)(F)F)C(F)(F)F. The van der Waals surface area contributed by atoms with E-state index in [9.17, 15) is 31.1 Å². The summed E-state index contributed by atoms with van der Waals surface area (Å²) >= 11 is 0. The standard InChI is InChI=1S/C9H6F6O4/c10-8(11,12)7(9(13,14)15)19-3-5-4(6(16)17)1-2-18-5/h1-2,7H,3H2,(H,16,17). The number of carboxylic acids is 1. The zero-order valence-corrected chi connectivity index (χ0v) is 8.88. The molecular formula is C9H6F6O4. The van der Waals surface area contributed by atoms with Gasteiger partial charge in [-0.3, -0.25) is 0 Å². The molecule has 0 saturated heterocycles. The predicted molar refractivity (Wildman–Crippen MR) is 46.4 cm³/mol. The number of ether oxygens (including phenoxy) is 1. The van der Waals surface area contributed by atoms with Crippen LogP contribution in [-0.2, 0) is 11.3 Å². The van der Waals surface area contributed by atoms with E-state index in [2.05, 4.69) is 9.15 Å². The van der Waals surface area contributed by atoms with Gasteiger partial charge in [0.1, 0.15) is 17.9 Å². The van der Waals surface area contributed by atoms with Crippen LogP contribution in [0.15, 0.2) is 16.7 Å². The highest BCUT2D eigenvalue weighted by Crippen LogP contribution is 2.36. The molecule has 0 aliphatic heterocycles. The summed E-state index contributed by atoms with van der Waals surface area (Å²) in [6.45, 7) is -1.27. The molecule has 0 aliphatic carbocycles. The molecule has 1 heterocycles. The van der Waals surface area contributed by atoms with Crippen molar-refractivity contribution in [2.24, 2.45) is 0 Å². The van der Waals surface area contributed by atoms with Crippen molar-refractivity contribution in [3.8, 4) is 0 Å². The van der Waals surface area contributed by atoms with Gasteiger partial charge in [-0.2, -0.15) is 26.3 Å². The number of rotatable bonds is 4. The lowest BCUT2D eigenvalue weighted by Crippen LogP contribution is -2.44. The largest absolute Gasteiger partial charge is 0.478 e. The first-order valence-corrected chi connectivity index (χ1v) is 4.58. The van der Waals surface area contributed by atoms with E-state index in [0.717, 1.165) is 12.3 Å². The minimum atomic E-state index is -5.66. The van der Waals surface area contributed by atoms with Crippen LogP contribution in [0.2, 0.25) is 0 Å². The molecule has 1 rings (SSSR count). The van der Waals surface area contributed by atoms with Crippen LogP contribution in [0.25, 0.3) is 0 Å². The first kappa shape index (κ1) is 15.3. The Morgan fingerprint density at radius 1 is 1.26 bits per heavy atom. The molecule has 19 heavy (non-hydrogen) atoms. The Hall–Kier alpha value is -1.71. The Morgan fingerprint density at radius 2 is 1.79 bits per heavy atom. The van der Waals surface area contributed by atoms with Crippen LogP contribution < -0.4 is 0 Å². The molecule has 0 amide bonds. The Morgan fingerprint density at radius 3 is 2.21 bits per heavy atom. The van der Waals surface area contributed by atoms with Gasteiger partial charge < -0.3 is 14.3 Å². The number of carbonyl (C=O) groups is 1. The third-order valence-electron chi connectivity index (χ3n) is 1.95. The lowest BCUT2D eigenvalue weighted by atomic mass is 10.2. The summed E-state index contributed by atoms with van der Waals surface area (Å²) in [5.74, 6) is -2.19. The van der Waals surface area contributed by atoms with Gasteiger partial charge in [-0.15, -0.1) is 0 Å². The van der Waals surface area contributed by atoms with E-state index in [4.69, 9.17) is 5.11 Å².